The number of nitrogens with zero attached hydrogens (tertiary/aromatic N) is 1. The SMILES string of the molecule is CC1CCC(CN2CCC(=O)C(C)C2)C1. The fourth-order valence-corrected chi connectivity index (χ4v) is 3.12. The van der Waals surface area contributed by atoms with Gasteiger partial charge in [-0.15, -0.1) is 0 Å². The number of carbonyl (C=O) groups is 1. The Hall–Kier alpha value is -0.370. The molecular formula is C13H23NO. The van der Waals surface area contributed by atoms with E-state index >= 15 is 0 Å². The van der Waals surface area contributed by atoms with E-state index in [0.29, 0.717) is 5.78 Å². The number of hydrogen-bond donors (Lipinski definition) is 0. The minimum absolute atomic E-state index is 0.276. The zero-order chi connectivity index (χ0) is 10.8. The van der Waals surface area contributed by atoms with Gasteiger partial charge < -0.3 is 4.90 Å². The summed E-state index contributed by atoms with van der Waals surface area (Å²) in [6.45, 7) is 7.69. The van der Waals surface area contributed by atoms with Crippen LogP contribution in [0.4, 0.5) is 0 Å². The van der Waals surface area contributed by atoms with Crippen LogP contribution in [0.1, 0.15) is 39.5 Å². The van der Waals surface area contributed by atoms with E-state index in [2.05, 4.69) is 18.7 Å². The number of Topliss-reactive ketones (excluding diaryl/α,β-unsaturated/α-hetero) is 1. The molecule has 0 aromatic carbocycles. The summed E-state index contributed by atoms with van der Waals surface area (Å²) in [4.78, 5) is 13.9. The van der Waals surface area contributed by atoms with E-state index in [-0.39, 0.29) is 5.92 Å². The molecular weight excluding hydrogens is 186 g/mol. The summed E-state index contributed by atoms with van der Waals surface area (Å²) in [5.74, 6) is 2.57. The molecule has 3 unspecified atom stereocenters. The van der Waals surface area contributed by atoms with Gasteiger partial charge in [0.15, 0.2) is 0 Å². The molecule has 1 aliphatic carbocycles. The van der Waals surface area contributed by atoms with Gasteiger partial charge in [-0.25, -0.2) is 0 Å². The van der Waals surface area contributed by atoms with Crippen molar-refractivity contribution in [1.82, 2.24) is 4.90 Å². The van der Waals surface area contributed by atoms with Gasteiger partial charge in [0.1, 0.15) is 5.78 Å². The van der Waals surface area contributed by atoms with Crippen LogP contribution in [0.2, 0.25) is 0 Å². The maximum absolute atomic E-state index is 11.4. The Balaban J connectivity index is 1.78. The molecule has 0 bridgehead atoms. The molecule has 1 heterocycles. The highest BCUT2D eigenvalue weighted by atomic mass is 16.1. The third-order valence-corrected chi connectivity index (χ3v) is 4.08. The topological polar surface area (TPSA) is 20.3 Å². The zero-order valence-corrected chi connectivity index (χ0v) is 10.0. The molecule has 1 saturated carbocycles. The van der Waals surface area contributed by atoms with Crippen LogP contribution in [0.3, 0.4) is 0 Å². The molecule has 0 aromatic rings. The summed E-state index contributed by atoms with van der Waals surface area (Å²) in [7, 11) is 0. The van der Waals surface area contributed by atoms with Crippen LogP contribution < -0.4 is 0 Å². The molecule has 2 nitrogen and oxygen atoms in total. The van der Waals surface area contributed by atoms with Crippen LogP contribution in [0.25, 0.3) is 0 Å². The minimum atomic E-state index is 0.276. The molecule has 2 fully saturated rings. The summed E-state index contributed by atoms with van der Waals surface area (Å²) in [5.41, 5.74) is 0. The lowest BCUT2D eigenvalue weighted by Gasteiger charge is -2.31. The normalized spacial score (nSPS) is 38.5. The fraction of sp³-hybridized carbons (Fsp3) is 0.923. The van der Waals surface area contributed by atoms with Gasteiger partial charge >= 0.3 is 0 Å². The third kappa shape index (κ3) is 2.81. The Labute approximate surface area is 93.0 Å². The van der Waals surface area contributed by atoms with Crippen molar-refractivity contribution in [3.63, 3.8) is 0 Å². The molecule has 2 rings (SSSR count). The summed E-state index contributed by atoms with van der Waals surface area (Å²) in [5, 5.41) is 0. The standard InChI is InChI=1S/C13H23NO/c1-10-3-4-12(7-10)9-14-6-5-13(15)11(2)8-14/h10-12H,3-9H2,1-2H3. The van der Waals surface area contributed by atoms with Gasteiger partial charge in [-0.05, 0) is 24.7 Å². The Morgan fingerprint density at radius 2 is 2.13 bits per heavy atom. The first-order chi connectivity index (χ1) is 7.15. The first-order valence-electron chi connectivity index (χ1n) is 6.40. The highest BCUT2D eigenvalue weighted by Gasteiger charge is 2.27. The van der Waals surface area contributed by atoms with E-state index in [1.165, 1.54) is 25.8 Å². The second-order valence-electron chi connectivity index (χ2n) is 5.66. The molecule has 15 heavy (non-hydrogen) atoms. The smallest absolute Gasteiger partial charge is 0.138 e. The molecule has 0 spiro atoms. The third-order valence-electron chi connectivity index (χ3n) is 4.08. The number of rotatable bonds is 2. The van der Waals surface area contributed by atoms with Gasteiger partial charge in [0.05, 0.1) is 0 Å². The fourth-order valence-electron chi connectivity index (χ4n) is 3.12. The van der Waals surface area contributed by atoms with Crippen molar-refractivity contribution >= 4 is 5.78 Å². The van der Waals surface area contributed by atoms with Gasteiger partial charge in [0, 0.05) is 32.0 Å². The van der Waals surface area contributed by atoms with Gasteiger partial charge in [0.25, 0.3) is 0 Å². The molecule has 2 aliphatic rings. The Kier molecular flexibility index (Phi) is 3.45. The Bertz CT molecular complexity index is 239. The van der Waals surface area contributed by atoms with Crippen molar-refractivity contribution in [3.05, 3.63) is 0 Å². The van der Waals surface area contributed by atoms with Crippen LogP contribution in [0, 0.1) is 17.8 Å². The number of ketones is 1. The second kappa shape index (κ2) is 4.65. The lowest BCUT2D eigenvalue weighted by molar-refractivity contribution is -0.125. The number of carbonyl (C=O) groups excluding carboxylic acids is 1. The molecule has 2 heteroatoms. The van der Waals surface area contributed by atoms with Crippen molar-refractivity contribution in [2.45, 2.75) is 39.5 Å². The molecule has 0 amide bonds. The van der Waals surface area contributed by atoms with Crippen molar-refractivity contribution in [3.8, 4) is 0 Å². The van der Waals surface area contributed by atoms with Gasteiger partial charge in [-0.3, -0.25) is 4.79 Å². The van der Waals surface area contributed by atoms with Gasteiger partial charge in [0.2, 0.25) is 0 Å². The first-order valence-corrected chi connectivity index (χ1v) is 6.40. The molecule has 1 saturated heterocycles. The molecule has 86 valence electrons. The summed E-state index contributed by atoms with van der Waals surface area (Å²) >= 11 is 0. The number of likely N-dealkylation sites (tertiary alicyclic amines) is 1. The summed E-state index contributed by atoms with van der Waals surface area (Å²) in [6, 6.07) is 0. The molecule has 0 N–H and O–H groups in total. The lowest BCUT2D eigenvalue weighted by atomic mass is 9.97. The predicted molar refractivity (Wildman–Crippen MR) is 61.7 cm³/mol. The number of hydrogen-bond acceptors (Lipinski definition) is 2. The molecule has 0 radical (unpaired) electrons. The highest BCUT2D eigenvalue weighted by Crippen LogP contribution is 2.31. The van der Waals surface area contributed by atoms with Crippen molar-refractivity contribution in [1.29, 1.82) is 0 Å². The van der Waals surface area contributed by atoms with E-state index in [4.69, 9.17) is 0 Å². The maximum atomic E-state index is 11.4. The van der Waals surface area contributed by atoms with Crippen LogP contribution >= 0.6 is 0 Å². The van der Waals surface area contributed by atoms with E-state index < -0.39 is 0 Å². The highest BCUT2D eigenvalue weighted by molar-refractivity contribution is 5.81. The summed E-state index contributed by atoms with van der Waals surface area (Å²) in [6.07, 6.45) is 5.00. The van der Waals surface area contributed by atoms with E-state index in [0.717, 1.165) is 31.3 Å². The zero-order valence-electron chi connectivity index (χ0n) is 10.0. The molecule has 1 aliphatic heterocycles. The average molecular weight is 209 g/mol. The predicted octanol–water partition coefficient (Wildman–Crippen LogP) is 2.33. The molecule has 3 atom stereocenters. The Morgan fingerprint density at radius 3 is 2.73 bits per heavy atom. The maximum Gasteiger partial charge on any atom is 0.138 e. The molecule has 0 aromatic heterocycles. The van der Waals surface area contributed by atoms with Gasteiger partial charge in [-0.2, -0.15) is 0 Å². The summed E-state index contributed by atoms with van der Waals surface area (Å²) < 4.78 is 0. The van der Waals surface area contributed by atoms with E-state index in [9.17, 15) is 4.79 Å². The second-order valence-corrected chi connectivity index (χ2v) is 5.66. The van der Waals surface area contributed by atoms with Crippen LogP contribution in [0.5, 0.6) is 0 Å². The van der Waals surface area contributed by atoms with Crippen molar-refractivity contribution in [2.75, 3.05) is 19.6 Å². The van der Waals surface area contributed by atoms with E-state index in [1.54, 1.807) is 0 Å². The number of piperidine rings is 1. The Morgan fingerprint density at radius 1 is 1.33 bits per heavy atom. The quantitative estimate of drug-likeness (QED) is 0.695. The first kappa shape index (κ1) is 11.1. The minimum Gasteiger partial charge on any atom is -0.302 e. The lowest BCUT2D eigenvalue weighted by Crippen LogP contribution is -2.41. The largest absolute Gasteiger partial charge is 0.302 e. The van der Waals surface area contributed by atoms with Crippen molar-refractivity contribution < 1.29 is 4.79 Å². The van der Waals surface area contributed by atoms with Crippen LogP contribution in [-0.4, -0.2) is 30.3 Å². The van der Waals surface area contributed by atoms with Crippen molar-refractivity contribution in [2.24, 2.45) is 17.8 Å². The van der Waals surface area contributed by atoms with Crippen LogP contribution in [-0.2, 0) is 4.79 Å². The monoisotopic (exact) mass is 209 g/mol. The average Bonchev–Trinajstić information content (AvgIpc) is 2.58. The van der Waals surface area contributed by atoms with Gasteiger partial charge in [-0.1, -0.05) is 20.3 Å². The van der Waals surface area contributed by atoms with E-state index in [1.807, 2.05) is 0 Å². The van der Waals surface area contributed by atoms with Crippen LogP contribution in [0.15, 0.2) is 0 Å².